The van der Waals surface area contributed by atoms with E-state index in [1.54, 1.807) is 48.5 Å². The zero-order chi connectivity index (χ0) is 23.6. The number of aliphatic hydroxyl groups is 1. The number of ether oxygens (including phenoxy) is 2. The van der Waals surface area contributed by atoms with Crippen LogP contribution in [-0.4, -0.2) is 29.3 Å². The summed E-state index contributed by atoms with van der Waals surface area (Å²) in [6.07, 6.45) is -5.98. The molecule has 2 amide bonds. The highest BCUT2D eigenvalue weighted by Crippen LogP contribution is 2.29. The van der Waals surface area contributed by atoms with Crippen molar-refractivity contribution in [1.82, 2.24) is 5.32 Å². The van der Waals surface area contributed by atoms with E-state index < -0.39 is 30.3 Å². The Bertz CT molecular complexity index is 1160. The van der Waals surface area contributed by atoms with E-state index in [0.29, 0.717) is 22.6 Å². The number of halogens is 3. The molecule has 4 rings (SSSR count). The maximum atomic E-state index is 12.6. The fourth-order valence-corrected chi connectivity index (χ4v) is 3.32. The van der Waals surface area contributed by atoms with Gasteiger partial charge in [-0.25, -0.2) is 0 Å². The lowest BCUT2D eigenvalue weighted by molar-refractivity contribution is -0.274. The van der Waals surface area contributed by atoms with Crippen LogP contribution in [0.15, 0.2) is 72.8 Å². The average molecular weight is 458 g/mol. The minimum Gasteiger partial charge on any atom is -0.457 e. The van der Waals surface area contributed by atoms with Crippen LogP contribution < -0.4 is 20.1 Å². The van der Waals surface area contributed by atoms with Gasteiger partial charge in [0.1, 0.15) is 29.4 Å². The number of amides is 2. The molecule has 3 N–H and O–H groups in total. The van der Waals surface area contributed by atoms with Crippen molar-refractivity contribution in [2.24, 2.45) is 0 Å². The van der Waals surface area contributed by atoms with Crippen molar-refractivity contribution < 1.29 is 37.3 Å². The third kappa shape index (κ3) is 5.24. The first-order valence-corrected chi connectivity index (χ1v) is 9.72. The molecule has 2 atom stereocenters. The number of fused-ring (bicyclic) bond motifs is 1. The molecular weight excluding hydrogens is 441 g/mol. The van der Waals surface area contributed by atoms with Gasteiger partial charge in [-0.05, 0) is 60.2 Å². The van der Waals surface area contributed by atoms with Crippen LogP contribution in [0, 0.1) is 0 Å². The first-order chi connectivity index (χ1) is 15.7. The predicted molar refractivity (Wildman–Crippen MR) is 111 cm³/mol. The third-order valence-electron chi connectivity index (χ3n) is 4.82. The van der Waals surface area contributed by atoms with Crippen molar-refractivity contribution in [3.05, 3.63) is 83.9 Å². The Morgan fingerprint density at radius 1 is 0.909 bits per heavy atom. The van der Waals surface area contributed by atoms with Gasteiger partial charge in [0, 0.05) is 11.3 Å². The van der Waals surface area contributed by atoms with Gasteiger partial charge in [-0.15, -0.1) is 13.2 Å². The normalized spacial score (nSPS) is 17.5. The lowest BCUT2D eigenvalue weighted by Gasteiger charge is -2.29. The van der Waals surface area contributed by atoms with Gasteiger partial charge < -0.3 is 25.2 Å². The first-order valence-electron chi connectivity index (χ1n) is 9.72. The molecule has 3 aromatic rings. The molecule has 170 valence electrons. The van der Waals surface area contributed by atoms with E-state index in [9.17, 15) is 27.9 Å². The van der Waals surface area contributed by atoms with Crippen molar-refractivity contribution in [2.45, 2.75) is 18.5 Å². The molecule has 0 aromatic heterocycles. The molecule has 3 aromatic carbocycles. The highest BCUT2D eigenvalue weighted by molar-refractivity contribution is 6.04. The zero-order valence-corrected chi connectivity index (χ0v) is 16.8. The summed E-state index contributed by atoms with van der Waals surface area (Å²) in [5, 5.41) is 15.6. The van der Waals surface area contributed by atoms with Crippen molar-refractivity contribution in [2.75, 3.05) is 5.32 Å². The van der Waals surface area contributed by atoms with Gasteiger partial charge in [0.25, 0.3) is 5.91 Å². The van der Waals surface area contributed by atoms with Crippen molar-refractivity contribution in [1.29, 1.82) is 0 Å². The molecule has 0 radical (unpaired) electrons. The second-order valence-corrected chi connectivity index (χ2v) is 7.12. The summed E-state index contributed by atoms with van der Waals surface area (Å²) in [6.45, 7) is 0. The number of hydrogen-bond acceptors (Lipinski definition) is 5. The molecule has 0 bridgehead atoms. The molecule has 7 nitrogen and oxygen atoms in total. The maximum Gasteiger partial charge on any atom is 0.573 e. The van der Waals surface area contributed by atoms with Crippen LogP contribution in [0.1, 0.15) is 22.0 Å². The molecule has 0 saturated heterocycles. The smallest absolute Gasteiger partial charge is 0.457 e. The van der Waals surface area contributed by atoms with Crippen LogP contribution in [0.2, 0.25) is 0 Å². The monoisotopic (exact) mass is 458 g/mol. The molecule has 0 saturated carbocycles. The van der Waals surface area contributed by atoms with Crippen LogP contribution in [-0.2, 0) is 4.79 Å². The Morgan fingerprint density at radius 2 is 1.48 bits per heavy atom. The average Bonchev–Trinajstić information content (AvgIpc) is 2.78. The van der Waals surface area contributed by atoms with Crippen LogP contribution in [0.25, 0.3) is 0 Å². The molecule has 1 aliphatic rings. The predicted octanol–water partition coefficient (Wildman–Crippen LogP) is 4.16. The molecule has 33 heavy (non-hydrogen) atoms. The summed E-state index contributed by atoms with van der Waals surface area (Å²) in [6, 6.07) is 16.4. The number of nitrogens with one attached hydrogen (secondary N) is 2. The Morgan fingerprint density at radius 3 is 2.12 bits per heavy atom. The summed E-state index contributed by atoms with van der Waals surface area (Å²) in [5.74, 6) is -0.760. The summed E-state index contributed by atoms with van der Waals surface area (Å²) in [4.78, 5) is 24.9. The van der Waals surface area contributed by atoms with E-state index in [2.05, 4.69) is 15.4 Å². The van der Waals surface area contributed by atoms with E-state index in [-0.39, 0.29) is 11.5 Å². The number of carbonyl (C=O) groups excluding carboxylic acids is 2. The van der Waals surface area contributed by atoms with E-state index in [1.165, 1.54) is 12.1 Å². The highest BCUT2D eigenvalue weighted by Gasteiger charge is 2.36. The number of aliphatic hydroxyl groups excluding tert-OH is 1. The van der Waals surface area contributed by atoms with Gasteiger partial charge in [0.15, 0.2) is 0 Å². The van der Waals surface area contributed by atoms with E-state index >= 15 is 0 Å². The van der Waals surface area contributed by atoms with E-state index in [4.69, 9.17) is 4.74 Å². The minimum absolute atomic E-state index is 0.285. The summed E-state index contributed by atoms with van der Waals surface area (Å²) in [7, 11) is 0. The molecule has 10 heteroatoms. The molecule has 0 spiro atoms. The molecular formula is C23H17F3N2O5. The Balaban J connectivity index is 1.38. The van der Waals surface area contributed by atoms with Gasteiger partial charge in [-0.3, -0.25) is 9.59 Å². The third-order valence-corrected chi connectivity index (χ3v) is 4.82. The highest BCUT2D eigenvalue weighted by atomic mass is 19.4. The largest absolute Gasteiger partial charge is 0.573 e. The standard InChI is InChI=1S/C23H17F3N2O5/c24-23(25,26)33-16-11-9-15(10-12-16)32-14-7-5-13(6-8-14)27-22(31)19-20(29)17-3-1-2-4-18(17)21(30)28-19/h1-12,19-20,29H,(H,27,31)(H,28,30). The zero-order valence-electron chi connectivity index (χ0n) is 16.8. The van der Waals surface area contributed by atoms with Crippen LogP contribution in [0.5, 0.6) is 17.2 Å². The Kier molecular flexibility index (Phi) is 5.93. The number of rotatable bonds is 5. The Hall–Kier alpha value is -4.05. The van der Waals surface area contributed by atoms with Gasteiger partial charge in [0.2, 0.25) is 5.91 Å². The van der Waals surface area contributed by atoms with Crippen molar-refractivity contribution in [3.8, 4) is 17.2 Å². The van der Waals surface area contributed by atoms with E-state index in [0.717, 1.165) is 12.1 Å². The van der Waals surface area contributed by atoms with E-state index in [1.807, 2.05) is 0 Å². The van der Waals surface area contributed by atoms with Gasteiger partial charge in [-0.2, -0.15) is 0 Å². The number of alkyl halides is 3. The SMILES string of the molecule is O=C1NC(C(=O)Nc2ccc(Oc3ccc(OC(F)(F)F)cc3)cc2)C(O)c2ccccc21. The quantitative estimate of drug-likeness (QED) is 0.534. The van der Waals surface area contributed by atoms with Gasteiger partial charge >= 0.3 is 6.36 Å². The Labute approximate surface area is 185 Å². The summed E-state index contributed by atoms with van der Waals surface area (Å²) < 4.78 is 46.0. The lowest BCUT2D eigenvalue weighted by atomic mass is 9.92. The molecule has 0 fully saturated rings. The molecule has 2 unspecified atom stereocenters. The fraction of sp³-hybridized carbons (Fsp3) is 0.130. The van der Waals surface area contributed by atoms with Gasteiger partial charge in [0.05, 0.1) is 0 Å². The molecule has 1 heterocycles. The van der Waals surface area contributed by atoms with Crippen LogP contribution >= 0.6 is 0 Å². The molecule has 1 aliphatic heterocycles. The number of hydrogen-bond donors (Lipinski definition) is 3. The number of carbonyl (C=O) groups is 2. The van der Waals surface area contributed by atoms with Crippen LogP contribution in [0.4, 0.5) is 18.9 Å². The van der Waals surface area contributed by atoms with Crippen LogP contribution in [0.3, 0.4) is 0 Å². The topological polar surface area (TPSA) is 96.9 Å². The first kappa shape index (κ1) is 22.2. The van der Waals surface area contributed by atoms with Crippen molar-refractivity contribution in [3.63, 3.8) is 0 Å². The summed E-state index contributed by atoms with van der Waals surface area (Å²) >= 11 is 0. The minimum atomic E-state index is -4.78. The number of benzene rings is 3. The fourth-order valence-electron chi connectivity index (χ4n) is 3.32. The second kappa shape index (κ2) is 8.83. The van der Waals surface area contributed by atoms with Crippen molar-refractivity contribution >= 4 is 17.5 Å². The summed E-state index contributed by atoms with van der Waals surface area (Å²) in [5.41, 5.74) is 1.08. The van der Waals surface area contributed by atoms with Gasteiger partial charge in [-0.1, -0.05) is 18.2 Å². The maximum absolute atomic E-state index is 12.6. The lowest BCUT2D eigenvalue weighted by Crippen LogP contribution is -2.51. The number of anilines is 1. The second-order valence-electron chi connectivity index (χ2n) is 7.12. The molecule has 0 aliphatic carbocycles.